The normalized spacial score (nSPS) is 35.1. The summed E-state index contributed by atoms with van der Waals surface area (Å²) in [5, 5.41) is 32.5. The summed E-state index contributed by atoms with van der Waals surface area (Å²) in [6.45, 7) is -0.0926. The Hall–Kier alpha value is -3.71. The maximum absolute atomic E-state index is 13.5. The van der Waals surface area contributed by atoms with Gasteiger partial charge < -0.3 is 26.6 Å². The molecule has 13 heteroatoms. The van der Waals surface area contributed by atoms with Crippen LogP contribution in [-0.4, -0.2) is 92.0 Å². The van der Waals surface area contributed by atoms with Gasteiger partial charge in [0.05, 0.1) is 24.9 Å². The van der Waals surface area contributed by atoms with Crippen molar-refractivity contribution in [1.82, 2.24) is 20.9 Å². The first kappa shape index (κ1) is 26.2. The highest BCUT2D eigenvalue weighted by atomic mass is 16.5. The smallest absolute Gasteiger partial charge is 0.346 e. The van der Waals surface area contributed by atoms with Crippen LogP contribution >= 0.6 is 0 Å². The van der Waals surface area contributed by atoms with Gasteiger partial charge in [-0.3, -0.25) is 30.3 Å². The average Bonchev–Trinajstić information content (AvgIpc) is 3.52. The quantitative estimate of drug-likeness (QED) is 0.120. The van der Waals surface area contributed by atoms with Gasteiger partial charge in [0.2, 0.25) is 23.3 Å². The third-order valence-electron chi connectivity index (χ3n) is 10.1. The molecule has 3 amide bonds. The lowest BCUT2D eigenvalue weighted by Gasteiger charge is -2.44. The molecule has 13 nitrogen and oxygen atoms in total. The number of benzene rings is 1. The second kappa shape index (κ2) is 9.15. The minimum absolute atomic E-state index is 0.0363. The number of hydrogen-bond acceptors (Lipinski definition) is 10. The van der Waals surface area contributed by atoms with Crippen molar-refractivity contribution in [2.45, 2.75) is 80.9 Å². The Morgan fingerprint density at radius 1 is 1.10 bits per heavy atom. The Bertz CT molecular complexity index is 1380. The molecule has 2 aliphatic carbocycles. The van der Waals surface area contributed by atoms with Gasteiger partial charge in [-0.1, -0.05) is 25.0 Å². The number of aliphatic hydroxyl groups is 2. The summed E-state index contributed by atoms with van der Waals surface area (Å²) in [6.07, 6.45) is 6.97. The zero-order valence-electron chi connectivity index (χ0n) is 22.8. The summed E-state index contributed by atoms with van der Waals surface area (Å²) in [5.41, 5.74) is 13.5. The highest BCUT2D eigenvalue weighted by Crippen LogP contribution is 2.43. The van der Waals surface area contributed by atoms with E-state index < -0.39 is 35.5 Å². The van der Waals surface area contributed by atoms with Crippen LogP contribution in [0.3, 0.4) is 0 Å². The third-order valence-corrected chi connectivity index (χ3v) is 10.1. The summed E-state index contributed by atoms with van der Waals surface area (Å²) in [4.78, 5) is 45.8. The highest BCUT2D eigenvalue weighted by Gasteiger charge is 2.75. The van der Waals surface area contributed by atoms with Crippen molar-refractivity contribution in [2.24, 2.45) is 28.3 Å². The number of nitrogens with one attached hydrogen (secondary N) is 3. The van der Waals surface area contributed by atoms with Crippen molar-refractivity contribution in [3.05, 3.63) is 34.9 Å². The van der Waals surface area contributed by atoms with E-state index in [1.54, 1.807) is 6.07 Å². The van der Waals surface area contributed by atoms with Crippen LogP contribution in [0.1, 0.15) is 60.0 Å². The van der Waals surface area contributed by atoms with Gasteiger partial charge >= 0.3 is 5.96 Å². The van der Waals surface area contributed by atoms with Crippen LogP contribution in [0.5, 0.6) is 0 Å². The fourth-order valence-corrected chi connectivity index (χ4v) is 8.15. The van der Waals surface area contributed by atoms with Gasteiger partial charge in [-0.15, -0.1) is 0 Å². The molecule has 7 rings (SSSR count). The van der Waals surface area contributed by atoms with Gasteiger partial charge in [0.1, 0.15) is 18.1 Å². The molecule has 41 heavy (non-hydrogen) atoms. The topological polar surface area (TPSA) is 198 Å². The first-order chi connectivity index (χ1) is 19.6. The maximum atomic E-state index is 13.5. The number of amides is 3. The zero-order chi connectivity index (χ0) is 28.7. The van der Waals surface area contributed by atoms with Crippen LogP contribution in [0.4, 0.5) is 0 Å². The third kappa shape index (κ3) is 3.64. The molecule has 1 aromatic rings. The van der Waals surface area contributed by atoms with Crippen LogP contribution in [-0.2, 0) is 22.4 Å². The van der Waals surface area contributed by atoms with Crippen LogP contribution in [0.25, 0.3) is 0 Å². The summed E-state index contributed by atoms with van der Waals surface area (Å²) in [6, 6.07) is 2.78. The van der Waals surface area contributed by atoms with Crippen LogP contribution in [0, 0.1) is 11.8 Å². The van der Waals surface area contributed by atoms with E-state index >= 15 is 0 Å². The van der Waals surface area contributed by atoms with Gasteiger partial charge in [-0.25, -0.2) is 9.57 Å². The molecule has 6 atom stereocenters. The van der Waals surface area contributed by atoms with Crippen LogP contribution in [0.15, 0.2) is 23.2 Å². The molecule has 0 radical (unpaired) electrons. The summed E-state index contributed by atoms with van der Waals surface area (Å²) in [7, 11) is 0. The number of imide groups is 1. The SMILES string of the molecule is NC1=N[C@H]2[C@H](CN3C(=O)C4CCCCC4C3=O)NC(N)=[N+]3CC(NC(=O)c4cccc5c4CCCC5)C(O)(O)[C@]23N1. The molecular weight excluding hydrogens is 528 g/mol. The van der Waals surface area contributed by atoms with Crippen molar-refractivity contribution in [1.29, 1.82) is 0 Å². The van der Waals surface area contributed by atoms with Crippen molar-refractivity contribution in [3.63, 3.8) is 0 Å². The molecule has 218 valence electrons. The van der Waals surface area contributed by atoms with Crippen LogP contribution in [0.2, 0.25) is 0 Å². The monoisotopic (exact) mass is 565 g/mol. The van der Waals surface area contributed by atoms with E-state index in [1.807, 2.05) is 12.1 Å². The van der Waals surface area contributed by atoms with E-state index in [9.17, 15) is 24.6 Å². The maximum Gasteiger partial charge on any atom is 0.346 e. The molecular formula is C28H37N8O5+. The average molecular weight is 566 g/mol. The number of carbonyl (C=O) groups is 3. The van der Waals surface area contributed by atoms with Crippen molar-refractivity contribution in [3.8, 4) is 0 Å². The predicted octanol–water partition coefficient (Wildman–Crippen LogP) is -2.18. The summed E-state index contributed by atoms with van der Waals surface area (Å²) in [5.74, 6) is -3.96. The fourth-order valence-electron chi connectivity index (χ4n) is 8.15. The van der Waals surface area contributed by atoms with E-state index in [0.29, 0.717) is 18.4 Å². The van der Waals surface area contributed by atoms with E-state index in [2.05, 4.69) is 20.9 Å². The first-order valence-electron chi connectivity index (χ1n) is 14.6. The Labute approximate surface area is 237 Å². The molecule has 2 saturated heterocycles. The number of nitrogens with two attached hydrogens (primary N) is 2. The molecule has 1 aromatic carbocycles. The number of guanidine groups is 2. The number of fused-ring (bicyclic) bond motifs is 2. The predicted molar refractivity (Wildman–Crippen MR) is 146 cm³/mol. The van der Waals surface area contributed by atoms with Crippen LogP contribution < -0.4 is 27.4 Å². The Morgan fingerprint density at radius 3 is 2.54 bits per heavy atom. The van der Waals surface area contributed by atoms with Crippen molar-refractivity contribution < 1.29 is 29.2 Å². The number of aryl methyl sites for hydroxylation is 1. The number of nitrogens with zero attached hydrogens (tertiary/aromatic N) is 3. The molecule has 0 aromatic heterocycles. The molecule has 3 fully saturated rings. The molecule has 1 saturated carbocycles. The first-order valence-corrected chi connectivity index (χ1v) is 14.6. The molecule has 6 aliphatic rings. The van der Waals surface area contributed by atoms with E-state index in [1.165, 1.54) is 9.48 Å². The molecule has 4 heterocycles. The molecule has 3 unspecified atom stereocenters. The van der Waals surface area contributed by atoms with Crippen molar-refractivity contribution >= 4 is 29.6 Å². The summed E-state index contributed by atoms with van der Waals surface area (Å²) >= 11 is 0. The minimum Gasteiger partial charge on any atom is -0.370 e. The van der Waals surface area contributed by atoms with Crippen molar-refractivity contribution in [2.75, 3.05) is 13.1 Å². The van der Waals surface area contributed by atoms with Gasteiger partial charge in [-0.2, -0.15) is 0 Å². The molecule has 9 N–H and O–H groups in total. The standard InChI is InChI=1S/C28H36N8O5/c29-25-33-21-19(12-35-23(38)17-9-3-4-10-18(17)24(35)39)31-26(30)36-13-20(28(40,41)27(21,36)34-25)32-22(37)16-11-5-7-14-6-1-2-8-15(14)16/h5,7,11,17-21,40-41H,1-4,6,8-10,12-13H2,(H6,29,30,31,32,33,34,37)/p+1/t17?,18?,19-,20?,21-,27-/m0/s1. The van der Waals surface area contributed by atoms with Gasteiger partial charge in [0, 0.05) is 5.56 Å². The van der Waals surface area contributed by atoms with Gasteiger partial charge in [0.25, 0.3) is 5.91 Å². The number of rotatable bonds is 4. The Kier molecular flexibility index (Phi) is 5.85. The number of aliphatic imine (C=N–C) groups is 1. The minimum atomic E-state index is -2.58. The van der Waals surface area contributed by atoms with Gasteiger partial charge in [0.15, 0.2) is 5.96 Å². The second-order valence-corrected chi connectivity index (χ2v) is 12.3. The van der Waals surface area contributed by atoms with Gasteiger partial charge in [-0.05, 0) is 55.7 Å². The number of hydrogen-bond donors (Lipinski definition) is 7. The molecule has 1 spiro atoms. The number of carbonyl (C=O) groups excluding carboxylic acids is 3. The molecule has 4 aliphatic heterocycles. The van der Waals surface area contributed by atoms with E-state index in [4.69, 9.17) is 11.5 Å². The second-order valence-electron chi connectivity index (χ2n) is 12.3. The summed E-state index contributed by atoms with van der Waals surface area (Å²) < 4.78 is 1.52. The van der Waals surface area contributed by atoms with E-state index in [-0.39, 0.29) is 48.7 Å². The lowest BCUT2D eigenvalue weighted by molar-refractivity contribution is -0.623. The Balaban J connectivity index is 1.18. The molecule has 0 bridgehead atoms. The zero-order valence-corrected chi connectivity index (χ0v) is 22.8. The largest absolute Gasteiger partial charge is 0.370 e. The lowest BCUT2D eigenvalue weighted by Crippen LogP contribution is -2.79. The van der Waals surface area contributed by atoms with E-state index in [0.717, 1.165) is 49.7 Å². The lowest BCUT2D eigenvalue weighted by atomic mass is 9.81. The Morgan fingerprint density at radius 2 is 1.80 bits per heavy atom. The number of likely N-dealkylation sites (tertiary alicyclic amines) is 1. The fraction of sp³-hybridized carbons (Fsp3) is 0.607. The highest BCUT2D eigenvalue weighted by molar-refractivity contribution is 6.05.